The van der Waals surface area contributed by atoms with E-state index in [2.05, 4.69) is 32.6 Å². The number of aromatic nitrogens is 4. The Kier molecular flexibility index (Phi) is 4.57. The Labute approximate surface area is 143 Å². The fraction of sp³-hybridized carbons (Fsp3) is 0.562. The van der Waals surface area contributed by atoms with Crippen LogP contribution >= 0.6 is 0 Å². The van der Waals surface area contributed by atoms with E-state index in [1.165, 1.54) is 13.5 Å². The van der Waals surface area contributed by atoms with Gasteiger partial charge in [-0.2, -0.15) is 23.3 Å². The van der Waals surface area contributed by atoms with Gasteiger partial charge in [0.1, 0.15) is 11.4 Å². The predicted octanol–water partition coefficient (Wildman–Crippen LogP) is 4.15. The molecule has 0 unspecified atom stereocenters. The molecule has 9 heteroatoms. The van der Waals surface area contributed by atoms with Crippen molar-refractivity contribution in [1.82, 2.24) is 19.7 Å². The number of hydrogen-bond acceptors (Lipinski definition) is 5. The summed E-state index contributed by atoms with van der Waals surface area (Å²) in [6.45, 7) is 4.07. The van der Waals surface area contributed by atoms with Crippen molar-refractivity contribution in [3.05, 3.63) is 23.7 Å². The number of anilines is 3. The SMILES string of the molecule is CNc1nc(Nc2cn([C@H]3CC[C@H](C)C3)nc2C)ncc1C(F)(F)F. The lowest BCUT2D eigenvalue weighted by molar-refractivity contribution is -0.137. The zero-order valence-corrected chi connectivity index (χ0v) is 14.4. The molecule has 2 aromatic heterocycles. The molecule has 1 fully saturated rings. The minimum absolute atomic E-state index is 0.0970. The topological polar surface area (TPSA) is 67.7 Å². The summed E-state index contributed by atoms with van der Waals surface area (Å²) >= 11 is 0. The molecule has 0 bridgehead atoms. The third kappa shape index (κ3) is 3.69. The van der Waals surface area contributed by atoms with Gasteiger partial charge in [0.05, 0.1) is 17.4 Å². The molecule has 1 saturated carbocycles. The first-order chi connectivity index (χ1) is 11.8. The molecule has 0 aromatic carbocycles. The van der Waals surface area contributed by atoms with Crippen molar-refractivity contribution in [2.24, 2.45) is 5.92 Å². The summed E-state index contributed by atoms with van der Waals surface area (Å²) in [4.78, 5) is 7.71. The molecule has 2 heterocycles. The van der Waals surface area contributed by atoms with Crippen LogP contribution in [0.1, 0.15) is 43.5 Å². The van der Waals surface area contributed by atoms with Crippen LogP contribution < -0.4 is 10.6 Å². The minimum Gasteiger partial charge on any atom is -0.372 e. The van der Waals surface area contributed by atoms with E-state index < -0.39 is 11.7 Å². The van der Waals surface area contributed by atoms with Crippen molar-refractivity contribution in [1.29, 1.82) is 0 Å². The van der Waals surface area contributed by atoms with Crippen molar-refractivity contribution < 1.29 is 13.2 Å². The van der Waals surface area contributed by atoms with Gasteiger partial charge < -0.3 is 10.6 Å². The molecule has 2 atom stereocenters. The van der Waals surface area contributed by atoms with E-state index in [-0.39, 0.29) is 11.8 Å². The van der Waals surface area contributed by atoms with Gasteiger partial charge in [-0.25, -0.2) is 4.98 Å². The molecular weight excluding hydrogens is 333 g/mol. The summed E-state index contributed by atoms with van der Waals surface area (Å²) < 4.78 is 40.7. The van der Waals surface area contributed by atoms with Gasteiger partial charge in [-0.1, -0.05) is 6.92 Å². The summed E-state index contributed by atoms with van der Waals surface area (Å²) in [6, 6.07) is 0.366. The van der Waals surface area contributed by atoms with E-state index in [1.807, 2.05) is 17.8 Å². The molecule has 2 aromatic rings. The first-order valence-corrected chi connectivity index (χ1v) is 8.22. The van der Waals surface area contributed by atoms with Crippen molar-refractivity contribution >= 4 is 17.5 Å². The number of nitrogens with zero attached hydrogens (tertiary/aromatic N) is 4. The molecular formula is C16H21F3N6. The quantitative estimate of drug-likeness (QED) is 0.863. The van der Waals surface area contributed by atoms with Gasteiger partial charge in [-0.15, -0.1) is 0 Å². The van der Waals surface area contributed by atoms with Crippen LogP contribution in [0, 0.1) is 12.8 Å². The monoisotopic (exact) mass is 354 g/mol. The third-order valence-electron chi connectivity index (χ3n) is 4.54. The average Bonchev–Trinajstić information content (AvgIpc) is 3.12. The van der Waals surface area contributed by atoms with Gasteiger partial charge in [0, 0.05) is 19.4 Å². The second-order valence-corrected chi connectivity index (χ2v) is 6.51. The molecule has 3 rings (SSSR count). The largest absolute Gasteiger partial charge is 0.421 e. The van der Waals surface area contributed by atoms with Crippen LogP contribution in [-0.2, 0) is 6.18 Å². The summed E-state index contributed by atoms with van der Waals surface area (Å²) in [6.07, 6.45) is 1.50. The summed E-state index contributed by atoms with van der Waals surface area (Å²) in [7, 11) is 1.39. The van der Waals surface area contributed by atoms with Crippen LogP contribution in [0.2, 0.25) is 0 Å². The highest BCUT2D eigenvalue weighted by molar-refractivity contribution is 5.57. The van der Waals surface area contributed by atoms with E-state index in [9.17, 15) is 13.2 Å². The van der Waals surface area contributed by atoms with Gasteiger partial charge in [0.25, 0.3) is 0 Å². The molecule has 25 heavy (non-hydrogen) atoms. The van der Waals surface area contributed by atoms with E-state index >= 15 is 0 Å². The third-order valence-corrected chi connectivity index (χ3v) is 4.54. The van der Waals surface area contributed by atoms with Crippen molar-refractivity contribution in [3.8, 4) is 0 Å². The summed E-state index contributed by atoms with van der Waals surface area (Å²) in [5, 5.41) is 9.96. The van der Waals surface area contributed by atoms with Crippen LogP contribution in [0.15, 0.2) is 12.4 Å². The van der Waals surface area contributed by atoms with E-state index in [1.54, 1.807) is 0 Å². The van der Waals surface area contributed by atoms with Gasteiger partial charge in [0.15, 0.2) is 0 Å². The molecule has 1 aliphatic rings. The van der Waals surface area contributed by atoms with Gasteiger partial charge in [0.2, 0.25) is 5.95 Å². The number of aryl methyl sites for hydroxylation is 1. The van der Waals surface area contributed by atoms with Crippen molar-refractivity contribution in [3.63, 3.8) is 0 Å². The number of nitrogens with one attached hydrogen (secondary N) is 2. The van der Waals surface area contributed by atoms with Crippen LogP contribution in [0.4, 0.5) is 30.6 Å². The molecule has 0 saturated heterocycles. The summed E-state index contributed by atoms with van der Waals surface area (Å²) in [5.41, 5.74) is 0.559. The van der Waals surface area contributed by atoms with Crippen LogP contribution in [-0.4, -0.2) is 26.8 Å². The highest BCUT2D eigenvalue weighted by Gasteiger charge is 2.35. The average molecular weight is 354 g/mol. The molecule has 0 radical (unpaired) electrons. The molecule has 6 nitrogen and oxygen atoms in total. The smallest absolute Gasteiger partial charge is 0.372 e. The lowest BCUT2D eigenvalue weighted by Crippen LogP contribution is -2.12. The van der Waals surface area contributed by atoms with E-state index in [0.29, 0.717) is 17.6 Å². The Bertz CT molecular complexity index is 755. The Morgan fingerprint density at radius 1 is 1.28 bits per heavy atom. The Balaban J connectivity index is 1.82. The lowest BCUT2D eigenvalue weighted by Gasteiger charge is -2.12. The standard InChI is InChI=1S/C16H21F3N6/c1-9-4-5-11(6-9)25-8-13(10(2)24-25)22-15-21-7-12(16(17,18)19)14(20-3)23-15/h7-9,11H,4-6H2,1-3H3,(H2,20,21,22,23)/t9-,11-/m0/s1. The van der Waals surface area contributed by atoms with Gasteiger partial charge >= 0.3 is 6.18 Å². The fourth-order valence-corrected chi connectivity index (χ4v) is 3.17. The normalized spacial score (nSPS) is 20.7. The Morgan fingerprint density at radius 3 is 2.64 bits per heavy atom. The highest BCUT2D eigenvalue weighted by atomic mass is 19.4. The number of rotatable bonds is 4. The maximum atomic E-state index is 12.9. The molecule has 2 N–H and O–H groups in total. The number of halogens is 3. The Hall–Kier alpha value is -2.32. The zero-order valence-electron chi connectivity index (χ0n) is 14.4. The molecule has 0 spiro atoms. The van der Waals surface area contributed by atoms with Crippen molar-refractivity contribution in [2.75, 3.05) is 17.7 Å². The molecule has 0 amide bonds. The minimum atomic E-state index is -4.50. The van der Waals surface area contributed by atoms with Crippen molar-refractivity contribution in [2.45, 2.75) is 45.3 Å². The first-order valence-electron chi connectivity index (χ1n) is 8.22. The molecule has 1 aliphatic carbocycles. The van der Waals surface area contributed by atoms with Crippen LogP contribution in [0.5, 0.6) is 0 Å². The van der Waals surface area contributed by atoms with Gasteiger partial charge in [-0.3, -0.25) is 4.68 Å². The maximum Gasteiger partial charge on any atom is 0.421 e. The zero-order chi connectivity index (χ0) is 18.2. The van der Waals surface area contributed by atoms with Crippen LogP contribution in [0.3, 0.4) is 0 Å². The second-order valence-electron chi connectivity index (χ2n) is 6.51. The predicted molar refractivity (Wildman–Crippen MR) is 88.9 cm³/mol. The van der Waals surface area contributed by atoms with E-state index in [0.717, 1.165) is 24.7 Å². The Morgan fingerprint density at radius 2 is 2.04 bits per heavy atom. The van der Waals surface area contributed by atoms with Gasteiger partial charge in [-0.05, 0) is 32.1 Å². The highest BCUT2D eigenvalue weighted by Crippen LogP contribution is 2.36. The molecule has 136 valence electrons. The number of hydrogen-bond donors (Lipinski definition) is 2. The van der Waals surface area contributed by atoms with E-state index in [4.69, 9.17) is 0 Å². The first kappa shape index (κ1) is 17.5. The molecule has 0 aliphatic heterocycles. The van der Waals surface area contributed by atoms with Crippen LogP contribution in [0.25, 0.3) is 0 Å². The number of alkyl halides is 3. The summed E-state index contributed by atoms with van der Waals surface area (Å²) in [5.74, 6) is 0.516. The maximum absolute atomic E-state index is 12.9. The second kappa shape index (κ2) is 6.53. The lowest BCUT2D eigenvalue weighted by atomic mass is 10.1. The fourth-order valence-electron chi connectivity index (χ4n) is 3.17.